The molecule has 0 aliphatic carbocycles. The number of nitrogens with one attached hydrogen (secondary N) is 1. The highest BCUT2D eigenvalue weighted by atomic mass is 16.5. The highest BCUT2D eigenvalue weighted by molar-refractivity contribution is 5.73. The number of benzene rings is 1. The van der Waals surface area contributed by atoms with Crippen LogP contribution in [0.2, 0.25) is 0 Å². The summed E-state index contributed by atoms with van der Waals surface area (Å²) >= 11 is 0. The van der Waals surface area contributed by atoms with Crippen LogP contribution in [-0.4, -0.2) is 56.2 Å². The quantitative estimate of drug-likeness (QED) is 0.919. The predicted octanol–water partition coefficient (Wildman–Crippen LogP) is 1.49. The number of piperidine rings is 1. The summed E-state index contributed by atoms with van der Waals surface area (Å²) in [5.74, 6) is 1.12. The van der Waals surface area contributed by atoms with E-state index in [1.807, 2.05) is 4.90 Å². The molecule has 1 atom stereocenters. The molecule has 22 heavy (non-hydrogen) atoms. The first-order valence-corrected chi connectivity index (χ1v) is 8.20. The maximum atomic E-state index is 11.4. The van der Waals surface area contributed by atoms with Gasteiger partial charge in [0.05, 0.1) is 0 Å². The molecular weight excluding hydrogens is 278 g/mol. The summed E-state index contributed by atoms with van der Waals surface area (Å²) in [6.45, 7) is 7.09. The zero-order valence-electron chi connectivity index (χ0n) is 13.3. The fraction of sp³-hybridized carbons (Fsp3) is 0.588. The number of piperazine rings is 1. The zero-order chi connectivity index (χ0) is 15.4. The van der Waals surface area contributed by atoms with Crippen molar-refractivity contribution in [2.24, 2.45) is 0 Å². The molecule has 120 valence electrons. The van der Waals surface area contributed by atoms with Crippen LogP contribution < -0.4 is 15.0 Å². The lowest BCUT2D eigenvalue weighted by atomic mass is 10.1. The molecule has 2 fully saturated rings. The smallest absolute Gasteiger partial charge is 0.219 e. The van der Waals surface area contributed by atoms with E-state index in [-0.39, 0.29) is 5.91 Å². The van der Waals surface area contributed by atoms with E-state index in [9.17, 15) is 4.79 Å². The van der Waals surface area contributed by atoms with E-state index in [0.29, 0.717) is 6.10 Å². The van der Waals surface area contributed by atoms with E-state index in [1.165, 1.54) is 12.1 Å². The highest BCUT2D eigenvalue weighted by Gasteiger charge is 2.19. The molecule has 5 nitrogen and oxygen atoms in total. The number of nitrogens with zero attached hydrogens (tertiary/aromatic N) is 2. The van der Waals surface area contributed by atoms with E-state index >= 15 is 0 Å². The Hall–Kier alpha value is -1.75. The lowest BCUT2D eigenvalue weighted by molar-refractivity contribution is -0.129. The van der Waals surface area contributed by atoms with Gasteiger partial charge in [0.15, 0.2) is 0 Å². The molecule has 0 bridgehead atoms. The molecule has 0 aromatic heterocycles. The molecule has 2 heterocycles. The second-order valence-electron chi connectivity index (χ2n) is 6.07. The summed E-state index contributed by atoms with van der Waals surface area (Å²) in [5.41, 5.74) is 1.21. The summed E-state index contributed by atoms with van der Waals surface area (Å²) in [6, 6.07) is 8.35. The van der Waals surface area contributed by atoms with Gasteiger partial charge in [0.1, 0.15) is 11.9 Å². The van der Waals surface area contributed by atoms with Crippen LogP contribution in [0.15, 0.2) is 24.3 Å². The Morgan fingerprint density at radius 3 is 2.50 bits per heavy atom. The summed E-state index contributed by atoms with van der Waals surface area (Å²) in [7, 11) is 0. The number of amides is 1. The van der Waals surface area contributed by atoms with Crippen molar-refractivity contribution < 1.29 is 9.53 Å². The molecule has 1 N–H and O–H groups in total. The van der Waals surface area contributed by atoms with Crippen LogP contribution in [0.5, 0.6) is 5.75 Å². The van der Waals surface area contributed by atoms with Crippen LogP contribution in [0.1, 0.15) is 19.8 Å². The zero-order valence-corrected chi connectivity index (χ0v) is 13.3. The number of rotatable bonds is 3. The molecular formula is C17H25N3O2. The van der Waals surface area contributed by atoms with Crippen LogP contribution in [0.25, 0.3) is 0 Å². The van der Waals surface area contributed by atoms with E-state index in [4.69, 9.17) is 4.74 Å². The molecule has 2 aliphatic heterocycles. The number of carbonyl (C=O) groups excluding carboxylic acids is 1. The van der Waals surface area contributed by atoms with Gasteiger partial charge < -0.3 is 19.9 Å². The Kier molecular flexibility index (Phi) is 4.83. The maximum Gasteiger partial charge on any atom is 0.219 e. The Labute approximate surface area is 132 Å². The molecule has 5 heteroatoms. The predicted molar refractivity (Wildman–Crippen MR) is 87.4 cm³/mol. The second-order valence-corrected chi connectivity index (χ2v) is 6.07. The van der Waals surface area contributed by atoms with E-state index in [0.717, 1.165) is 51.4 Å². The van der Waals surface area contributed by atoms with Gasteiger partial charge in [-0.2, -0.15) is 0 Å². The monoisotopic (exact) mass is 303 g/mol. The van der Waals surface area contributed by atoms with Gasteiger partial charge in [0.2, 0.25) is 5.91 Å². The third-order valence-electron chi connectivity index (χ3n) is 4.48. The average Bonchev–Trinajstić information content (AvgIpc) is 2.57. The van der Waals surface area contributed by atoms with Crippen LogP contribution in [-0.2, 0) is 4.79 Å². The lowest BCUT2D eigenvalue weighted by Gasteiger charge is -2.35. The van der Waals surface area contributed by atoms with Crippen molar-refractivity contribution in [1.82, 2.24) is 10.2 Å². The van der Waals surface area contributed by atoms with Gasteiger partial charge >= 0.3 is 0 Å². The standard InChI is InChI=1S/C17H25N3O2/c1-14(21)19-9-11-20(12-10-19)15-4-6-16(7-5-15)22-17-3-2-8-18-13-17/h4-7,17-18H,2-3,8-13H2,1H3/t17-/m0/s1. The first-order chi connectivity index (χ1) is 10.7. The molecule has 0 spiro atoms. The third kappa shape index (κ3) is 3.71. The van der Waals surface area contributed by atoms with Crippen LogP contribution >= 0.6 is 0 Å². The summed E-state index contributed by atoms with van der Waals surface area (Å²) in [6.07, 6.45) is 2.60. The fourth-order valence-corrected chi connectivity index (χ4v) is 3.13. The van der Waals surface area contributed by atoms with Gasteiger partial charge in [-0.25, -0.2) is 0 Å². The Morgan fingerprint density at radius 2 is 1.91 bits per heavy atom. The van der Waals surface area contributed by atoms with E-state index in [1.54, 1.807) is 6.92 Å². The number of carbonyl (C=O) groups is 1. The second kappa shape index (κ2) is 7.01. The number of anilines is 1. The molecule has 3 rings (SSSR count). The largest absolute Gasteiger partial charge is 0.489 e. The van der Waals surface area contributed by atoms with E-state index in [2.05, 4.69) is 34.5 Å². The molecule has 1 aromatic rings. The van der Waals surface area contributed by atoms with Crippen molar-refractivity contribution in [3.8, 4) is 5.75 Å². The van der Waals surface area contributed by atoms with E-state index < -0.39 is 0 Å². The van der Waals surface area contributed by atoms with Gasteiger partial charge in [-0.15, -0.1) is 0 Å². The Morgan fingerprint density at radius 1 is 1.18 bits per heavy atom. The van der Waals surface area contributed by atoms with Gasteiger partial charge in [-0.1, -0.05) is 0 Å². The van der Waals surface area contributed by atoms with Gasteiger partial charge in [-0.05, 0) is 43.7 Å². The molecule has 1 amide bonds. The molecule has 0 radical (unpaired) electrons. The minimum Gasteiger partial charge on any atom is -0.489 e. The molecule has 2 saturated heterocycles. The highest BCUT2D eigenvalue weighted by Crippen LogP contribution is 2.22. The van der Waals surface area contributed by atoms with Gasteiger partial charge in [0.25, 0.3) is 0 Å². The minimum absolute atomic E-state index is 0.171. The number of ether oxygens (including phenoxy) is 1. The minimum atomic E-state index is 0.171. The fourth-order valence-electron chi connectivity index (χ4n) is 3.13. The average molecular weight is 303 g/mol. The maximum absolute atomic E-state index is 11.4. The van der Waals surface area contributed by atoms with Crippen LogP contribution in [0, 0.1) is 0 Å². The van der Waals surface area contributed by atoms with Crippen LogP contribution in [0.4, 0.5) is 5.69 Å². The molecule has 1 aromatic carbocycles. The van der Waals surface area contributed by atoms with Gasteiger partial charge in [-0.3, -0.25) is 4.79 Å². The van der Waals surface area contributed by atoms with Crippen molar-refractivity contribution in [1.29, 1.82) is 0 Å². The first kappa shape index (κ1) is 15.2. The van der Waals surface area contributed by atoms with Crippen LogP contribution in [0.3, 0.4) is 0 Å². The van der Waals surface area contributed by atoms with Crippen molar-refractivity contribution in [3.63, 3.8) is 0 Å². The lowest BCUT2D eigenvalue weighted by Crippen LogP contribution is -2.48. The summed E-state index contributed by atoms with van der Waals surface area (Å²) < 4.78 is 6.01. The Balaban J connectivity index is 1.54. The van der Waals surface area contributed by atoms with Crippen molar-refractivity contribution >= 4 is 11.6 Å². The van der Waals surface area contributed by atoms with Crippen molar-refractivity contribution in [3.05, 3.63) is 24.3 Å². The summed E-state index contributed by atoms with van der Waals surface area (Å²) in [4.78, 5) is 15.6. The molecule has 0 unspecified atom stereocenters. The van der Waals surface area contributed by atoms with Crippen molar-refractivity contribution in [2.75, 3.05) is 44.2 Å². The first-order valence-electron chi connectivity index (χ1n) is 8.20. The topological polar surface area (TPSA) is 44.8 Å². The normalized spacial score (nSPS) is 22.5. The molecule has 0 saturated carbocycles. The number of hydrogen-bond acceptors (Lipinski definition) is 4. The van der Waals surface area contributed by atoms with Crippen molar-refractivity contribution in [2.45, 2.75) is 25.9 Å². The molecule has 2 aliphatic rings. The Bertz CT molecular complexity index is 489. The SMILES string of the molecule is CC(=O)N1CCN(c2ccc(O[C@H]3CCCNC3)cc2)CC1. The van der Waals surface area contributed by atoms with Gasteiger partial charge in [0, 0.05) is 45.3 Å². The summed E-state index contributed by atoms with van der Waals surface area (Å²) in [5, 5.41) is 3.37. The third-order valence-corrected chi connectivity index (χ3v) is 4.48. The number of hydrogen-bond donors (Lipinski definition) is 1.